The molecule has 29 heavy (non-hydrogen) atoms. The molecule has 1 N–H and O–H groups in total. The highest BCUT2D eigenvalue weighted by Crippen LogP contribution is 2.35. The van der Waals surface area contributed by atoms with Crippen LogP contribution in [-0.2, 0) is 14.8 Å². The van der Waals surface area contributed by atoms with Crippen molar-refractivity contribution in [2.75, 3.05) is 29.0 Å². The lowest BCUT2D eigenvalue weighted by molar-refractivity contribution is -0.122. The van der Waals surface area contributed by atoms with E-state index in [9.17, 15) is 13.2 Å². The van der Waals surface area contributed by atoms with Crippen molar-refractivity contribution in [2.24, 2.45) is 0 Å². The number of carbonyl (C=O) groups is 1. The summed E-state index contributed by atoms with van der Waals surface area (Å²) >= 11 is 0. The minimum Gasteiger partial charge on any atom is -0.489 e. The summed E-state index contributed by atoms with van der Waals surface area (Å²) in [7, 11) is -3.50. The summed E-state index contributed by atoms with van der Waals surface area (Å²) in [5.74, 6) is 0.614. The molecular formula is C21H24N2O5S. The number of sulfonamides is 1. The number of carbonyl (C=O) groups excluding carboxylic acids is 1. The van der Waals surface area contributed by atoms with E-state index >= 15 is 0 Å². The van der Waals surface area contributed by atoms with Crippen LogP contribution >= 0.6 is 0 Å². The molecule has 1 unspecified atom stereocenters. The smallest absolute Gasteiger partial charge is 0.265 e. The van der Waals surface area contributed by atoms with Crippen molar-refractivity contribution in [3.63, 3.8) is 0 Å². The number of benzene rings is 2. The van der Waals surface area contributed by atoms with Crippen LogP contribution < -0.4 is 19.1 Å². The summed E-state index contributed by atoms with van der Waals surface area (Å²) in [6.45, 7) is 5.99. The minimum absolute atomic E-state index is 0.149. The van der Waals surface area contributed by atoms with Crippen LogP contribution in [0.4, 0.5) is 11.4 Å². The number of ether oxygens (including phenoxy) is 2. The first kappa shape index (κ1) is 20.7. The summed E-state index contributed by atoms with van der Waals surface area (Å²) in [6, 6.07) is 12.3. The van der Waals surface area contributed by atoms with Gasteiger partial charge in [-0.05, 0) is 36.8 Å². The molecule has 1 aliphatic rings. The zero-order valence-electron chi connectivity index (χ0n) is 16.4. The summed E-state index contributed by atoms with van der Waals surface area (Å²) in [5, 5.41) is 2.81. The highest BCUT2D eigenvalue weighted by atomic mass is 32.2. The molecule has 2 aromatic carbocycles. The van der Waals surface area contributed by atoms with E-state index in [1.54, 1.807) is 42.5 Å². The van der Waals surface area contributed by atoms with E-state index in [1.807, 2.05) is 13.0 Å². The van der Waals surface area contributed by atoms with Gasteiger partial charge in [-0.1, -0.05) is 24.8 Å². The standard InChI is InChI=1S/C21H24N2O5S/c1-4-12-27-17-7-5-6-16(14-17)22-21(24)20-10-11-23(29(3,25)26)18-13-15(2)8-9-19(18)28-20/h4-9,13-14,20H,1,10-12H2,2-3H3,(H,22,24). The monoisotopic (exact) mass is 416 g/mol. The van der Waals surface area contributed by atoms with E-state index in [4.69, 9.17) is 9.47 Å². The van der Waals surface area contributed by atoms with Gasteiger partial charge in [-0.25, -0.2) is 8.42 Å². The summed E-state index contributed by atoms with van der Waals surface area (Å²) in [4.78, 5) is 12.8. The Hall–Kier alpha value is -3.00. The van der Waals surface area contributed by atoms with Crippen molar-refractivity contribution in [3.05, 3.63) is 60.7 Å². The summed E-state index contributed by atoms with van der Waals surface area (Å²) < 4.78 is 37.2. The van der Waals surface area contributed by atoms with E-state index in [1.165, 1.54) is 4.31 Å². The first-order valence-corrected chi connectivity index (χ1v) is 11.0. The molecule has 0 saturated heterocycles. The van der Waals surface area contributed by atoms with Gasteiger partial charge in [0.05, 0.1) is 11.9 Å². The van der Waals surface area contributed by atoms with Crippen molar-refractivity contribution < 1.29 is 22.7 Å². The summed E-state index contributed by atoms with van der Waals surface area (Å²) in [6.07, 6.45) is 2.17. The van der Waals surface area contributed by atoms with Gasteiger partial charge < -0.3 is 14.8 Å². The van der Waals surface area contributed by atoms with Crippen LogP contribution in [-0.4, -0.2) is 39.8 Å². The molecule has 0 radical (unpaired) electrons. The maximum absolute atomic E-state index is 12.8. The molecule has 154 valence electrons. The number of nitrogens with zero attached hydrogens (tertiary/aromatic N) is 1. The molecule has 0 spiro atoms. The highest BCUT2D eigenvalue weighted by molar-refractivity contribution is 7.92. The Morgan fingerprint density at radius 2 is 2.14 bits per heavy atom. The maximum Gasteiger partial charge on any atom is 0.265 e. The molecule has 0 saturated carbocycles. The fourth-order valence-electron chi connectivity index (χ4n) is 3.06. The predicted molar refractivity (Wildman–Crippen MR) is 113 cm³/mol. The van der Waals surface area contributed by atoms with Gasteiger partial charge in [0, 0.05) is 24.7 Å². The van der Waals surface area contributed by atoms with Crippen molar-refractivity contribution >= 4 is 27.3 Å². The molecular weight excluding hydrogens is 392 g/mol. The molecule has 0 aliphatic carbocycles. The van der Waals surface area contributed by atoms with Gasteiger partial charge >= 0.3 is 0 Å². The molecule has 8 heteroatoms. The first-order chi connectivity index (χ1) is 13.8. The van der Waals surface area contributed by atoms with E-state index in [2.05, 4.69) is 11.9 Å². The molecule has 1 atom stereocenters. The fraction of sp³-hybridized carbons (Fsp3) is 0.286. The SMILES string of the molecule is C=CCOc1cccc(NC(=O)C2CCN(S(C)(=O)=O)c3cc(C)ccc3O2)c1. The number of hydrogen-bond donors (Lipinski definition) is 1. The number of hydrogen-bond acceptors (Lipinski definition) is 5. The Bertz CT molecular complexity index is 1020. The van der Waals surface area contributed by atoms with Crippen LogP contribution in [0, 0.1) is 6.92 Å². The third kappa shape index (κ3) is 5.08. The molecule has 2 aromatic rings. The number of amides is 1. The average molecular weight is 416 g/mol. The lowest BCUT2D eigenvalue weighted by atomic mass is 10.2. The minimum atomic E-state index is -3.50. The fourth-order valence-corrected chi connectivity index (χ4v) is 4.00. The number of aryl methyl sites for hydroxylation is 1. The third-order valence-corrected chi connectivity index (χ3v) is 5.59. The van der Waals surface area contributed by atoms with Gasteiger partial charge in [0.15, 0.2) is 6.10 Å². The Morgan fingerprint density at radius 3 is 2.86 bits per heavy atom. The van der Waals surface area contributed by atoms with Crippen LogP contribution in [0.2, 0.25) is 0 Å². The molecule has 7 nitrogen and oxygen atoms in total. The third-order valence-electron chi connectivity index (χ3n) is 4.41. The second-order valence-corrected chi connectivity index (χ2v) is 8.73. The molecule has 0 aromatic heterocycles. The van der Waals surface area contributed by atoms with E-state index in [0.29, 0.717) is 29.5 Å². The molecule has 1 heterocycles. The quantitative estimate of drug-likeness (QED) is 0.732. The zero-order chi connectivity index (χ0) is 21.0. The second-order valence-electron chi connectivity index (χ2n) is 6.82. The van der Waals surface area contributed by atoms with Crippen molar-refractivity contribution in [2.45, 2.75) is 19.4 Å². The van der Waals surface area contributed by atoms with Crippen LogP contribution in [0.5, 0.6) is 11.5 Å². The number of rotatable bonds is 6. The van der Waals surface area contributed by atoms with E-state index in [-0.39, 0.29) is 18.9 Å². The molecule has 1 amide bonds. The Labute approximate surface area is 171 Å². The normalized spacial score (nSPS) is 16.2. The second kappa shape index (κ2) is 8.57. The highest BCUT2D eigenvalue weighted by Gasteiger charge is 2.31. The van der Waals surface area contributed by atoms with Gasteiger partial charge in [-0.2, -0.15) is 0 Å². The topological polar surface area (TPSA) is 84.9 Å². The molecule has 0 bridgehead atoms. The van der Waals surface area contributed by atoms with Gasteiger partial charge in [0.25, 0.3) is 5.91 Å². The number of fused-ring (bicyclic) bond motifs is 1. The van der Waals surface area contributed by atoms with E-state index in [0.717, 1.165) is 11.8 Å². The Kier molecular flexibility index (Phi) is 6.12. The van der Waals surface area contributed by atoms with Gasteiger partial charge in [-0.3, -0.25) is 9.10 Å². The lowest BCUT2D eigenvalue weighted by Crippen LogP contribution is -2.35. The maximum atomic E-state index is 12.8. The first-order valence-electron chi connectivity index (χ1n) is 9.17. The van der Waals surface area contributed by atoms with E-state index < -0.39 is 16.1 Å². The van der Waals surface area contributed by atoms with Gasteiger partial charge in [0.1, 0.15) is 18.1 Å². The van der Waals surface area contributed by atoms with Crippen LogP contribution in [0.25, 0.3) is 0 Å². The summed E-state index contributed by atoms with van der Waals surface area (Å²) in [5.41, 5.74) is 1.91. The van der Waals surface area contributed by atoms with Crippen molar-refractivity contribution in [3.8, 4) is 11.5 Å². The predicted octanol–water partition coefficient (Wildman–Crippen LogP) is 3.12. The van der Waals surface area contributed by atoms with Gasteiger partial charge in [0.2, 0.25) is 10.0 Å². The van der Waals surface area contributed by atoms with Crippen LogP contribution in [0.15, 0.2) is 55.1 Å². The van der Waals surface area contributed by atoms with Crippen LogP contribution in [0.1, 0.15) is 12.0 Å². The number of nitrogens with one attached hydrogen (secondary N) is 1. The Balaban J connectivity index is 1.81. The van der Waals surface area contributed by atoms with Crippen molar-refractivity contribution in [1.29, 1.82) is 0 Å². The zero-order valence-corrected chi connectivity index (χ0v) is 17.2. The average Bonchev–Trinajstić information content (AvgIpc) is 2.86. The Morgan fingerprint density at radius 1 is 1.34 bits per heavy atom. The van der Waals surface area contributed by atoms with Gasteiger partial charge in [-0.15, -0.1) is 0 Å². The molecule has 3 rings (SSSR count). The largest absolute Gasteiger partial charge is 0.489 e. The van der Waals surface area contributed by atoms with Crippen molar-refractivity contribution in [1.82, 2.24) is 0 Å². The molecule has 0 fully saturated rings. The van der Waals surface area contributed by atoms with Crippen LogP contribution in [0.3, 0.4) is 0 Å². The lowest BCUT2D eigenvalue weighted by Gasteiger charge is -2.21. The molecule has 1 aliphatic heterocycles. The number of anilines is 2.